The standard InChI is InChI=1S/C23H20N2O3S/c1-12-2-4-13(5-3-12)14-8-9-17-18(11-14)29-23(24-17)25-21(26)19-15-6-7-16(10-15)20(19)22(27)28/h2-9,11,15-16,19-20H,10H2,1H3,(H,27,28)(H,24,25,26). The van der Waals surface area contributed by atoms with Gasteiger partial charge in [0.1, 0.15) is 0 Å². The maximum Gasteiger partial charge on any atom is 0.307 e. The first-order valence-electron chi connectivity index (χ1n) is 9.69. The maximum absolute atomic E-state index is 12.9. The van der Waals surface area contributed by atoms with Crippen molar-refractivity contribution in [3.05, 3.63) is 60.2 Å². The Bertz CT molecular complexity index is 1150. The lowest BCUT2D eigenvalue weighted by atomic mass is 9.82. The SMILES string of the molecule is Cc1ccc(-c2ccc3nc(NC(=O)C4C5C=CC(C5)C4C(=O)O)sc3c2)cc1. The van der Waals surface area contributed by atoms with Gasteiger partial charge in [-0.2, -0.15) is 0 Å². The number of amides is 1. The predicted octanol–water partition coefficient (Wildman–Crippen LogP) is 4.73. The number of aryl methyl sites for hydroxylation is 1. The largest absolute Gasteiger partial charge is 0.481 e. The normalized spacial score (nSPS) is 24.9. The van der Waals surface area contributed by atoms with Gasteiger partial charge in [0.15, 0.2) is 5.13 Å². The van der Waals surface area contributed by atoms with Gasteiger partial charge in [0.2, 0.25) is 5.91 Å². The van der Waals surface area contributed by atoms with Crippen LogP contribution in [0.5, 0.6) is 0 Å². The first-order chi connectivity index (χ1) is 14.0. The van der Waals surface area contributed by atoms with Crippen LogP contribution in [0.25, 0.3) is 21.3 Å². The summed E-state index contributed by atoms with van der Waals surface area (Å²) in [5.74, 6) is -2.35. The molecule has 3 aromatic rings. The summed E-state index contributed by atoms with van der Waals surface area (Å²) in [5.41, 5.74) is 4.27. The number of aromatic nitrogens is 1. The molecule has 2 N–H and O–H groups in total. The van der Waals surface area contributed by atoms with Crippen molar-refractivity contribution in [2.24, 2.45) is 23.7 Å². The second-order valence-corrected chi connectivity index (χ2v) is 8.93. The molecule has 146 valence electrons. The average molecular weight is 404 g/mol. The Hall–Kier alpha value is -2.99. The van der Waals surface area contributed by atoms with Gasteiger partial charge in [0.25, 0.3) is 0 Å². The third-order valence-corrected chi connectivity index (χ3v) is 6.98. The van der Waals surface area contributed by atoms with Gasteiger partial charge in [-0.25, -0.2) is 4.98 Å². The Morgan fingerprint density at radius 3 is 2.45 bits per heavy atom. The molecule has 1 fully saturated rings. The highest BCUT2D eigenvalue weighted by Crippen LogP contribution is 2.48. The molecule has 1 heterocycles. The minimum absolute atomic E-state index is 0.00335. The molecule has 2 aromatic carbocycles. The van der Waals surface area contributed by atoms with Crippen molar-refractivity contribution in [1.82, 2.24) is 4.98 Å². The van der Waals surface area contributed by atoms with Gasteiger partial charge < -0.3 is 10.4 Å². The monoisotopic (exact) mass is 404 g/mol. The van der Waals surface area contributed by atoms with E-state index in [2.05, 4.69) is 47.6 Å². The molecule has 6 heteroatoms. The minimum Gasteiger partial charge on any atom is -0.481 e. The molecular formula is C23H20N2O3S. The van der Waals surface area contributed by atoms with Crippen molar-refractivity contribution in [3.63, 3.8) is 0 Å². The number of allylic oxidation sites excluding steroid dienone is 2. The Labute approximate surface area is 172 Å². The Morgan fingerprint density at radius 2 is 1.72 bits per heavy atom. The number of hydrogen-bond acceptors (Lipinski definition) is 4. The summed E-state index contributed by atoms with van der Waals surface area (Å²) in [7, 11) is 0. The summed E-state index contributed by atoms with van der Waals surface area (Å²) >= 11 is 1.42. The summed E-state index contributed by atoms with van der Waals surface area (Å²) in [6, 6.07) is 14.4. The molecule has 0 aliphatic heterocycles. The molecule has 1 saturated carbocycles. The molecule has 0 spiro atoms. The van der Waals surface area contributed by atoms with Crippen LogP contribution in [0.4, 0.5) is 5.13 Å². The van der Waals surface area contributed by atoms with Crippen LogP contribution in [-0.2, 0) is 9.59 Å². The number of rotatable bonds is 4. The molecule has 5 rings (SSSR count). The fourth-order valence-corrected chi connectivity index (χ4v) is 5.52. The van der Waals surface area contributed by atoms with Gasteiger partial charge in [-0.3, -0.25) is 9.59 Å². The molecule has 4 unspecified atom stereocenters. The lowest BCUT2D eigenvalue weighted by Gasteiger charge is -2.23. The number of carboxylic acid groups (broad SMARTS) is 1. The summed E-state index contributed by atoms with van der Waals surface area (Å²) in [4.78, 5) is 29.1. The molecule has 0 radical (unpaired) electrons. The molecule has 2 aliphatic carbocycles. The van der Waals surface area contributed by atoms with Crippen molar-refractivity contribution < 1.29 is 14.7 Å². The smallest absolute Gasteiger partial charge is 0.307 e. The van der Waals surface area contributed by atoms with E-state index in [9.17, 15) is 14.7 Å². The summed E-state index contributed by atoms with van der Waals surface area (Å²) in [6.45, 7) is 2.06. The van der Waals surface area contributed by atoms with Crippen LogP contribution < -0.4 is 5.32 Å². The molecule has 0 saturated heterocycles. The summed E-state index contributed by atoms with van der Waals surface area (Å²) < 4.78 is 0.987. The van der Waals surface area contributed by atoms with Gasteiger partial charge in [-0.05, 0) is 48.4 Å². The van der Waals surface area contributed by atoms with Crippen molar-refractivity contribution >= 4 is 38.6 Å². The van der Waals surface area contributed by atoms with E-state index in [1.54, 1.807) is 0 Å². The van der Waals surface area contributed by atoms with E-state index < -0.39 is 17.8 Å². The van der Waals surface area contributed by atoms with Crippen LogP contribution in [0.15, 0.2) is 54.6 Å². The zero-order valence-corrected chi connectivity index (χ0v) is 16.6. The van der Waals surface area contributed by atoms with Crippen molar-refractivity contribution in [1.29, 1.82) is 0 Å². The molecule has 5 nitrogen and oxygen atoms in total. The number of nitrogens with zero attached hydrogens (tertiary/aromatic N) is 1. The van der Waals surface area contributed by atoms with Crippen molar-refractivity contribution in [3.8, 4) is 11.1 Å². The molecule has 4 atom stereocenters. The van der Waals surface area contributed by atoms with Gasteiger partial charge in [-0.1, -0.05) is 59.4 Å². The number of nitrogens with one attached hydrogen (secondary N) is 1. The van der Waals surface area contributed by atoms with E-state index in [1.807, 2.05) is 24.3 Å². The minimum atomic E-state index is -0.894. The van der Waals surface area contributed by atoms with Crippen molar-refractivity contribution in [2.75, 3.05) is 5.32 Å². The number of benzene rings is 2. The molecule has 1 amide bonds. The lowest BCUT2D eigenvalue weighted by Crippen LogP contribution is -2.36. The number of carboxylic acids is 1. The molecule has 29 heavy (non-hydrogen) atoms. The maximum atomic E-state index is 12.9. The topological polar surface area (TPSA) is 79.3 Å². The van der Waals surface area contributed by atoms with E-state index in [0.29, 0.717) is 5.13 Å². The van der Waals surface area contributed by atoms with Gasteiger partial charge in [-0.15, -0.1) is 0 Å². The van der Waals surface area contributed by atoms with Crippen LogP contribution in [0.1, 0.15) is 12.0 Å². The Kier molecular flexibility index (Phi) is 4.24. The fourth-order valence-electron chi connectivity index (χ4n) is 4.61. The van der Waals surface area contributed by atoms with Gasteiger partial charge in [0.05, 0.1) is 22.1 Å². The second kappa shape index (κ2) is 6.81. The van der Waals surface area contributed by atoms with Gasteiger partial charge in [0, 0.05) is 0 Å². The summed E-state index contributed by atoms with van der Waals surface area (Å²) in [6.07, 6.45) is 4.67. The number of thiazole rings is 1. The Morgan fingerprint density at radius 1 is 1.03 bits per heavy atom. The van der Waals surface area contributed by atoms with E-state index in [1.165, 1.54) is 16.9 Å². The molecule has 2 aliphatic rings. The average Bonchev–Trinajstić information content (AvgIpc) is 3.41. The molecule has 1 aromatic heterocycles. The third-order valence-electron chi connectivity index (χ3n) is 6.05. The fraction of sp³-hybridized carbons (Fsp3) is 0.261. The first-order valence-corrected chi connectivity index (χ1v) is 10.5. The van der Waals surface area contributed by atoms with Crippen LogP contribution in [0, 0.1) is 30.6 Å². The zero-order valence-electron chi connectivity index (χ0n) is 15.8. The highest BCUT2D eigenvalue weighted by atomic mass is 32.1. The number of carbonyl (C=O) groups is 2. The summed E-state index contributed by atoms with van der Waals surface area (Å²) in [5, 5.41) is 13.0. The predicted molar refractivity (Wildman–Crippen MR) is 114 cm³/mol. The molecule has 2 bridgehead atoms. The van der Waals surface area contributed by atoms with Crippen LogP contribution in [0.3, 0.4) is 0 Å². The number of carbonyl (C=O) groups excluding carboxylic acids is 1. The Balaban J connectivity index is 1.39. The van der Waals surface area contributed by atoms with E-state index in [0.717, 1.165) is 27.8 Å². The highest BCUT2D eigenvalue weighted by molar-refractivity contribution is 7.22. The first kappa shape index (κ1) is 18.1. The third kappa shape index (κ3) is 3.13. The number of fused-ring (bicyclic) bond motifs is 3. The van der Waals surface area contributed by atoms with Crippen LogP contribution in [0.2, 0.25) is 0 Å². The van der Waals surface area contributed by atoms with E-state index in [4.69, 9.17) is 0 Å². The number of anilines is 1. The number of aliphatic carboxylic acids is 1. The van der Waals surface area contributed by atoms with Crippen LogP contribution in [-0.4, -0.2) is 22.0 Å². The van der Waals surface area contributed by atoms with E-state index in [-0.39, 0.29) is 17.7 Å². The van der Waals surface area contributed by atoms with E-state index >= 15 is 0 Å². The number of hydrogen-bond donors (Lipinski definition) is 2. The van der Waals surface area contributed by atoms with Gasteiger partial charge >= 0.3 is 5.97 Å². The highest BCUT2D eigenvalue weighted by Gasteiger charge is 2.51. The molecular weight excluding hydrogens is 384 g/mol. The quantitative estimate of drug-likeness (QED) is 0.616. The lowest BCUT2D eigenvalue weighted by molar-refractivity contribution is -0.146. The zero-order chi connectivity index (χ0) is 20.1. The second-order valence-electron chi connectivity index (χ2n) is 7.89. The van der Waals surface area contributed by atoms with Crippen molar-refractivity contribution in [2.45, 2.75) is 13.3 Å². The van der Waals surface area contributed by atoms with Crippen LogP contribution >= 0.6 is 11.3 Å².